The van der Waals surface area contributed by atoms with Gasteiger partial charge in [0.05, 0.1) is 17.5 Å². The van der Waals surface area contributed by atoms with E-state index in [1.54, 1.807) is 0 Å². The van der Waals surface area contributed by atoms with Crippen molar-refractivity contribution in [2.24, 2.45) is 0 Å². The molecule has 0 aromatic heterocycles. The van der Waals surface area contributed by atoms with Crippen molar-refractivity contribution in [3.05, 3.63) is 0 Å². The van der Waals surface area contributed by atoms with E-state index in [0.29, 0.717) is 0 Å². The Labute approximate surface area is 67.9 Å². The summed E-state index contributed by atoms with van der Waals surface area (Å²) in [5.41, 5.74) is -0.0297. The highest BCUT2D eigenvalue weighted by molar-refractivity contribution is 6.07. The highest BCUT2D eigenvalue weighted by Gasteiger charge is 2.25. The summed E-state index contributed by atoms with van der Waals surface area (Å²) in [6, 6.07) is 0. The minimum atomic E-state index is -0.0297. The molecule has 0 atom stereocenters. The normalized spacial score (nSPS) is 25.8. The largest absolute Gasteiger partial charge is 0.273 e. The van der Waals surface area contributed by atoms with Gasteiger partial charge in [-0.3, -0.25) is 4.29 Å². The first kappa shape index (κ1) is 8.35. The van der Waals surface area contributed by atoms with Gasteiger partial charge >= 0.3 is 0 Å². The summed E-state index contributed by atoms with van der Waals surface area (Å²) < 4.78 is 4.93. The zero-order valence-corrected chi connectivity index (χ0v) is 7.28. The number of halogens is 1. The molecule has 0 amide bonds. The van der Waals surface area contributed by atoms with E-state index < -0.39 is 0 Å². The van der Waals surface area contributed by atoms with Gasteiger partial charge in [-0.2, -0.15) is 0 Å². The highest BCUT2D eigenvalue weighted by Crippen LogP contribution is 2.30. The summed E-state index contributed by atoms with van der Waals surface area (Å²) >= 11 is 5.39. The summed E-state index contributed by atoms with van der Waals surface area (Å²) in [6.07, 6.45) is 7.46. The van der Waals surface area contributed by atoms with E-state index in [9.17, 15) is 0 Å². The maximum Gasteiger partial charge on any atom is 0.0869 e. The van der Waals surface area contributed by atoms with E-state index in [1.807, 2.05) is 0 Å². The molecule has 0 bridgehead atoms. The summed E-state index contributed by atoms with van der Waals surface area (Å²) in [5.74, 6) is 0. The molecule has 60 valence electrons. The van der Waals surface area contributed by atoms with Crippen LogP contribution in [0.25, 0.3) is 0 Å². The Balaban J connectivity index is 2.41. The second kappa shape index (κ2) is 3.59. The number of hydrogen-bond donors (Lipinski definition) is 0. The molecule has 1 rings (SSSR count). The fourth-order valence-electron chi connectivity index (χ4n) is 1.55. The molecule has 0 N–H and O–H groups in total. The van der Waals surface area contributed by atoms with Crippen LogP contribution in [0.3, 0.4) is 0 Å². The fourth-order valence-corrected chi connectivity index (χ4v) is 1.71. The molecule has 0 aromatic carbocycles. The van der Waals surface area contributed by atoms with Crippen LogP contribution in [0.5, 0.6) is 0 Å². The van der Waals surface area contributed by atoms with E-state index in [4.69, 9.17) is 16.2 Å². The first-order chi connectivity index (χ1) is 4.77. The molecule has 0 aliphatic heterocycles. The van der Waals surface area contributed by atoms with E-state index in [0.717, 1.165) is 12.8 Å². The lowest BCUT2D eigenvalue weighted by Gasteiger charge is -2.23. The predicted molar refractivity (Wildman–Crippen MR) is 43.0 cm³/mol. The van der Waals surface area contributed by atoms with Crippen molar-refractivity contribution >= 4 is 11.9 Å². The number of rotatable bonds is 1. The monoisotopic (exact) mass is 162 g/mol. The van der Waals surface area contributed by atoms with Crippen LogP contribution in [0.4, 0.5) is 0 Å². The average molecular weight is 163 g/mol. The first-order valence-electron chi connectivity index (χ1n) is 4.07. The van der Waals surface area contributed by atoms with Gasteiger partial charge < -0.3 is 0 Å². The van der Waals surface area contributed by atoms with Crippen LogP contribution >= 0.6 is 11.9 Å². The molecule has 1 aliphatic rings. The van der Waals surface area contributed by atoms with Crippen LogP contribution in [-0.4, -0.2) is 5.60 Å². The zero-order valence-electron chi connectivity index (χ0n) is 6.53. The molecule has 0 heterocycles. The maximum absolute atomic E-state index is 5.39. The molecule has 1 nitrogen and oxygen atoms in total. The second-order valence-corrected chi connectivity index (χ2v) is 3.60. The standard InChI is InChI=1S/C8H15ClO/c1-8(10-9)6-4-2-3-5-7-8/h2-7H2,1H3. The third kappa shape index (κ3) is 2.14. The molecule has 0 aromatic rings. The van der Waals surface area contributed by atoms with E-state index in [1.165, 1.54) is 25.7 Å². The van der Waals surface area contributed by atoms with Gasteiger partial charge in [0.25, 0.3) is 0 Å². The number of hydrogen-bond acceptors (Lipinski definition) is 1. The second-order valence-electron chi connectivity index (χ2n) is 3.44. The molecule has 0 radical (unpaired) electrons. The first-order valence-corrected chi connectivity index (χ1v) is 4.37. The van der Waals surface area contributed by atoms with Crippen molar-refractivity contribution in [2.45, 2.75) is 51.0 Å². The van der Waals surface area contributed by atoms with E-state index in [-0.39, 0.29) is 5.60 Å². The average Bonchev–Trinajstić information content (AvgIpc) is 2.15. The van der Waals surface area contributed by atoms with Crippen LogP contribution in [-0.2, 0) is 4.29 Å². The van der Waals surface area contributed by atoms with Crippen LogP contribution in [0.15, 0.2) is 0 Å². The molecule has 0 saturated heterocycles. The van der Waals surface area contributed by atoms with Crippen LogP contribution in [0.2, 0.25) is 0 Å². The summed E-state index contributed by atoms with van der Waals surface area (Å²) in [6.45, 7) is 2.10. The third-order valence-electron chi connectivity index (χ3n) is 2.35. The van der Waals surface area contributed by atoms with E-state index >= 15 is 0 Å². The quantitative estimate of drug-likeness (QED) is 0.538. The molecule has 1 fully saturated rings. The smallest absolute Gasteiger partial charge is 0.0869 e. The molecule has 1 aliphatic carbocycles. The van der Waals surface area contributed by atoms with Gasteiger partial charge in [0.15, 0.2) is 0 Å². The van der Waals surface area contributed by atoms with Crippen LogP contribution in [0, 0.1) is 0 Å². The van der Waals surface area contributed by atoms with Gasteiger partial charge in [-0.1, -0.05) is 25.7 Å². The topological polar surface area (TPSA) is 9.23 Å². The third-order valence-corrected chi connectivity index (χ3v) is 2.72. The van der Waals surface area contributed by atoms with Crippen molar-refractivity contribution in [3.63, 3.8) is 0 Å². The van der Waals surface area contributed by atoms with Gasteiger partial charge in [-0.15, -0.1) is 0 Å². The molecule has 0 spiro atoms. The Hall–Kier alpha value is 0.250. The van der Waals surface area contributed by atoms with Gasteiger partial charge in [-0.25, -0.2) is 0 Å². The van der Waals surface area contributed by atoms with Crippen LogP contribution < -0.4 is 0 Å². The Morgan fingerprint density at radius 2 is 1.60 bits per heavy atom. The van der Waals surface area contributed by atoms with Crippen molar-refractivity contribution in [2.75, 3.05) is 0 Å². The van der Waals surface area contributed by atoms with Crippen molar-refractivity contribution in [1.82, 2.24) is 0 Å². The zero-order chi connectivity index (χ0) is 7.45. The molecular formula is C8H15ClO. The lowest BCUT2D eigenvalue weighted by atomic mass is 9.98. The van der Waals surface area contributed by atoms with Crippen LogP contribution in [0.1, 0.15) is 45.4 Å². The van der Waals surface area contributed by atoms with Crippen molar-refractivity contribution in [1.29, 1.82) is 0 Å². The summed E-state index contributed by atoms with van der Waals surface area (Å²) in [4.78, 5) is 0. The molecule has 10 heavy (non-hydrogen) atoms. The van der Waals surface area contributed by atoms with Gasteiger partial charge in [0.1, 0.15) is 0 Å². The van der Waals surface area contributed by atoms with E-state index in [2.05, 4.69) is 6.92 Å². The van der Waals surface area contributed by atoms with Gasteiger partial charge in [0, 0.05) is 0 Å². The van der Waals surface area contributed by atoms with Crippen molar-refractivity contribution in [3.8, 4) is 0 Å². The predicted octanol–water partition coefficient (Wildman–Crippen LogP) is 3.27. The van der Waals surface area contributed by atoms with Crippen molar-refractivity contribution < 1.29 is 4.29 Å². The Morgan fingerprint density at radius 3 is 2.00 bits per heavy atom. The maximum atomic E-state index is 5.39. The lowest BCUT2D eigenvalue weighted by molar-refractivity contribution is 0.0850. The highest BCUT2D eigenvalue weighted by atomic mass is 35.5. The molecular weight excluding hydrogens is 148 g/mol. The Bertz CT molecular complexity index is 95.4. The fraction of sp³-hybridized carbons (Fsp3) is 1.00. The minimum absolute atomic E-state index is 0.0297. The molecule has 2 heteroatoms. The molecule has 1 saturated carbocycles. The minimum Gasteiger partial charge on any atom is -0.273 e. The Kier molecular flexibility index (Phi) is 2.99. The van der Waals surface area contributed by atoms with Gasteiger partial charge in [0.2, 0.25) is 0 Å². The molecule has 0 unspecified atom stereocenters. The van der Waals surface area contributed by atoms with Gasteiger partial charge in [-0.05, 0) is 19.8 Å². The Morgan fingerprint density at radius 1 is 1.10 bits per heavy atom. The SMILES string of the molecule is CC1(OCl)CCCCCC1. The summed E-state index contributed by atoms with van der Waals surface area (Å²) in [5, 5.41) is 0. The lowest BCUT2D eigenvalue weighted by Crippen LogP contribution is -2.23. The summed E-state index contributed by atoms with van der Waals surface area (Å²) in [7, 11) is 0.